The molecule has 0 aliphatic rings. The molecule has 2 rings (SSSR count). The number of hydrogen-bond acceptors (Lipinski definition) is 4. The molecule has 1 atom stereocenters. The molecule has 3 N–H and O–H groups in total. The minimum Gasteiger partial charge on any atom is -0.344 e. The minimum absolute atomic E-state index is 0.0137. The molecule has 2 aromatic rings. The van der Waals surface area contributed by atoms with Crippen LogP contribution in [0.25, 0.3) is 0 Å². The second-order valence-corrected chi connectivity index (χ2v) is 6.54. The van der Waals surface area contributed by atoms with Crippen LogP contribution in [0.4, 0.5) is 0 Å². The van der Waals surface area contributed by atoms with Gasteiger partial charge in [0, 0.05) is 5.69 Å². The zero-order chi connectivity index (χ0) is 16.3. The Hall–Kier alpha value is -2.25. The number of hydrogen-bond donors (Lipinski definition) is 2. The van der Waals surface area contributed by atoms with Crippen LogP contribution in [0.15, 0.2) is 47.4 Å². The van der Waals surface area contributed by atoms with Crippen molar-refractivity contribution in [2.45, 2.75) is 24.8 Å². The van der Waals surface area contributed by atoms with Gasteiger partial charge in [0.25, 0.3) is 5.91 Å². The number of carbonyl (C=O) groups excluding carboxylic acids is 1. The average Bonchev–Trinajstić information content (AvgIpc) is 2.46. The molecule has 0 bridgehead atoms. The smallest absolute Gasteiger partial charge is 0.270 e. The van der Waals surface area contributed by atoms with Crippen LogP contribution in [0.5, 0.6) is 0 Å². The van der Waals surface area contributed by atoms with Crippen molar-refractivity contribution in [2.24, 2.45) is 5.14 Å². The number of pyridine rings is 1. The highest BCUT2D eigenvalue weighted by Gasteiger charge is 2.15. The highest BCUT2D eigenvalue weighted by molar-refractivity contribution is 7.89. The molecule has 1 heterocycles. The lowest BCUT2D eigenvalue weighted by Crippen LogP contribution is -2.27. The number of aromatic nitrogens is 1. The number of aryl methyl sites for hydroxylation is 1. The van der Waals surface area contributed by atoms with Crippen LogP contribution in [0.2, 0.25) is 0 Å². The van der Waals surface area contributed by atoms with Crippen LogP contribution in [0, 0.1) is 6.92 Å². The minimum atomic E-state index is -3.77. The quantitative estimate of drug-likeness (QED) is 0.892. The van der Waals surface area contributed by atoms with Gasteiger partial charge >= 0.3 is 0 Å². The van der Waals surface area contributed by atoms with Gasteiger partial charge in [0.1, 0.15) is 5.69 Å². The first-order valence-corrected chi connectivity index (χ1v) is 8.19. The molecule has 1 amide bonds. The third kappa shape index (κ3) is 3.90. The fourth-order valence-corrected chi connectivity index (χ4v) is 2.55. The molecule has 7 heteroatoms. The highest BCUT2D eigenvalue weighted by atomic mass is 32.2. The van der Waals surface area contributed by atoms with Crippen molar-refractivity contribution in [3.8, 4) is 0 Å². The Morgan fingerprint density at radius 3 is 2.55 bits per heavy atom. The van der Waals surface area contributed by atoms with Gasteiger partial charge in [-0.15, -0.1) is 0 Å². The number of carbonyl (C=O) groups is 1. The molecule has 0 aliphatic carbocycles. The van der Waals surface area contributed by atoms with Crippen LogP contribution in [0.1, 0.15) is 34.7 Å². The number of primary sulfonamides is 1. The number of benzene rings is 1. The zero-order valence-electron chi connectivity index (χ0n) is 12.3. The Bertz CT molecular complexity index is 803. The molecular formula is C15H17N3O3S. The lowest BCUT2D eigenvalue weighted by atomic mass is 10.1. The van der Waals surface area contributed by atoms with E-state index in [0.29, 0.717) is 11.3 Å². The molecule has 0 saturated heterocycles. The molecule has 116 valence electrons. The van der Waals surface area contributed by atoms with Gasteiger partial charge in [0.2, 0.25) is 10.0 Å². The summed E-state index contributed by atoms with van der Waals surface area (Å²) in [5, 5.41) is 7.89. The van der Waals surface area contributed by atoms with Gasteiger partial charge < -0.3 is 5.32 Å². The third-order valence-corrected chi connectivity index (χ3v) is 4.07. The first-order valence-electron chi connectivity index (χ1n) is 6.64. The van der Waals surface area contributed by atoms with E-state index in [1.54, 1.807) is 44.2 Å². The van der Waals surface area contributed by atoms with Crippen molar-refractivity contribution in [3.05, 3.63) is 59.4 Å². The fraction of sp³-hybridized carbons (Fsp3) is 0.200. The van der Waals surface area contributed by atoms with Gasteiger partial charge in [-0.3, -0.25) is 4.79 Å². The first kappa shape index (κ1) is 16.1. The molecule has 1 unspecified atom stereocenters. The molecular weight excluding hydrogens is 302 g/mol. The fourth-order valence-electron chi connectivity index (χ4n) is 1.98. The number of nitrogens with zero attached hydrogens (tertiary/aromatic N) is 1. The highest BCUT2D eigenvalue weighted by Crippen LogP contribution is 2.17. The third-order valence-electron chi connectivity index (χ3n) is 3.16. The summed E-state index contributed by atoms with van der Waals surface area (Å²) in [4.78, 5) is 16.3. The molecule has 22 heavy (non-hydrogen) atoms. The maximum atomic E-state index is 12.1. The van der Waals surface area contributed by atoms with Gasteiger partial charge in [-0.05, 0) is 43.7 Å². The van der Waals surface area contributed by atoms with E-state index in [2.05, 4.69) is 10.3 Å². The number of nitrogens with one attached hydrogen (secondary N) is 1. The monoisotopic (exact) mass is 319 g/mol. The Labute approximate surface area is 129 Å². The molecule has 1 aromatic carbocycles. The van der Waals surface area contributed by atoms with Crippen LogP contribution >= 0.6 is 0 Å². The standard InChI is InChI=1S/C15H17N3O3S/c1-10-5-3-8-14(17-10)15(19)18-11(2)12-6-4-7-13(9-12)22(16,20)21/h3-9,11H,1-2H3,(H,18,19)(H2,16,20,21). The van der Waals surface area contributed by atoms with Crippen molar-refractivity contribution in [1.29, 1.82) is 0 Å². The predicted octanol–water partition coefficient (Wildman–Crippen LogP) is 1.53. The number of sulfonamides is 1. The van der Waals surface area contributed by atoms with Gasteiger partial charge in [-0.2, -0.15) is 0 Å². The molecule has 0 spiro atoms. The summed E-state index contributed by atoms with van der Waals surface area (Å²) in [5.41, 5.74) is 1.71. The topological polar surface area (TPSA) is 102 Å². The summed E-state index contributed by atoms with van der Waals surface area (Å²) in [6.45, 7) is 3.56. The maximum Gasteiger partial charge on any atom is 0.270 e. The lowest BCUT2D eigenvalue weighted by molar-refractivity contribution is 0.0934. The molecule has 0 radical (unpaired) electrons. The van der Waals surface area contributed by atoms with E-state index < -0.39 is 10.0 Å². The summed E-state index contributed by atoms with van der Waals surface area (Å²) >= 11 is 0. The van der Waals surface area contributed by atoms with Gasteiger partial charge in [-0.1, -0.05) is 18.2 Å². The Morgan fingerprint density at radius 2 is 1.91 bits per heavy atom. The summed E-state index contributed by atoms with van der Waals surface area (Å²) in [5.74, 6) is -0.322. The van der Waals surface area contributed by atoms with Crippen molar-refractivity contribution < 1.29 is 13.2 Å². The largest absolute Gasteiger partial charge is 0.344 e. The SMILES string of the molecule is Cc1cccc(C(=O)NC(C)c2cccc(S(N)(=O)=O)c2)n1. The van der Waals surface area contributed by atoms with E-state index in [9.17, 15) is 13.2 Å². The van der Waals surface area contributed by atoms with Gasteiger partial charge in [0.15, 0.2) is 0 Å². The number of rotatable bonds is 4. The van der Waals surface area contributed by atoms with Crippen LogP contribution < -0.4 is 10.5 Å². The van der Waals surface area contributed by atoms with Crippen molar-refractivity contribution in [1.82, 2.24) is 10.3 Å². The van der Waals surface area contributed by atoms with E-state index >= 15 is 0 Å². The van der Waals surface area contributed by atoms with Crippen molar-refractivity contribution in [3.63, 3.8) is 0 Å². The zero-order valence-corrected chi connectivity index (χ0v) is 13.1. The Balaban J connectivity index is 2.19. The second kappa shape index (κ2) is 6.25. The number of nitrogens with two attached hydrogens (primary N) is 1. The predicted molar refractivity (Wildman–Crippen MR) is 82.7 cm³/mol. The number of amides is 1. The van der Waals surface area contributed by atoms with Crippen LogP contribution in [0.3, 0.4) is 0 Å². The molecule has 0 aliphatic heterocycles. The lowest BCUT2D eigenvalue weighted by Gasteiger charge is -2.15. The van der Waals surface area contributed by atoms with E-state index in [1.807, 2.05) is 0 Å². The van der Waals surface area contributed by atoms with E-state index in [-0.39, 0.29) is 16.8 Å². The maximum absolute atomic E-state index is 12.1. The van der Waals surface area contributed by atoms with Crippen LogP contribution in [-0.4, -0.2) is 19.3 Å². The first-order chi connectivity index (χ1) is 10.3. The molecule has 6 nitrogen and oxygen atoms in total. The van der Waals surface area contributed by atoms with Gasteiger partial charge in [0.05, 0.1) is 10.9 Å². The molecule has 0 saturated carbocycles. The normalized spacial score (nSPS) is 12.7. The van der Waals surface area contributed by atoms with Crippen molar-refractivity contribution in [2.75, 3.05) is 0 Å². The summed E-state index contributed by atoms with van der Waals surface area (Å²) in [6.07, 6.45) is 0. The summed E-state index contributed by atoms with van der Waals surface area (Å²) in [7, 11) is -3.77. The van der Waals surface area contributed by atoms with E-state index in [0.717, 1.165) is 5.69 Å². The summed E-state index contributed by atoms with van der Waals surface area (Å²) in [6, 6.07) is 11.0. The van der Waals surface area contributed by atoms with Crippen molar-refractivity contribution >= 4 is 15.9 Å². The van der Waals surface area contributed by atoms with E-state index in [4.69, 9.17) is 5.14 Å². The van der Waals surface area contributed by atoms with Crippen LogP contribution in [-0.2, 0) is 10.0 Å². The summed E-state index contributed by atoms with van der Waals surface area (Å²) < 4.78 is 22.7. The Morgan fingerprint density at radius 1 is 1.23 bits per heavy atom. The average molecular weight is 319 g/mol. The van der Waals surface area contributed by atoms with Gasteiger partial charge in [-0.25, -0.2) is 18.5 Å². The Kier molecular flexibility index (Phi) is 4.58. The molecule has 0 fully saturated rings. The van der Waals surface area contributed by atoms with E-state index in [1.165, 1.54) is 12.1 Å². The second-order valence-electron chi connectivity index (χ2n) is 4.98. The molecule has 1 aromatic heterocycles.